The van der Waals surface area contributed by atoms with Crippen LogP contribution in [0.4, 0.5) is 16.2 Å². The maximum atomic E-state index is 11.8. The highest BCUT2D eigenvalue weighted by Gasteiger charge is 2.14. The molecule has 0 spiro atoms. The summed E-state index contributed by atoms with van der Waals surface area (Å²) in [5.41, 5.74) is 7.06. The van der Waals surface area contributed by atoms with E-state index in [1.54, 1.807) is 0 Å². The van der Waals surface area contributed by atoms with E-state index in [1.165, 1.54) is 4.90 Å². The molecule has 0 unspecified atom stereocenters. The van der Waals surface area contributed by atoms with Gasteiger partial charge in [0, 0.05) is 0 Å². The van der Waals surface area contributed by atoms with Crippen LogP contribution in [0.15, 0.2) is 72.8 Å². The smallest absolute Gasteiger partial charge is 0.323 e. The molecular weight excluding hydrogens is 248 g/mol. The van der Waals surface area contributed by atoms with E-state index in [2.05, 4.69) is 0 Å². The van der Waals surface area contributed by atoms with Gasteiger partial charge in [-0.1, -0.05) is 48.5 Å². The Balaban J connectivity index is 2.13. The van der Waals surface area contributed by atoms with E-state index in [9.17, 15) is 4.79 Å². The normalized spacial score (nSPS) is 10.4. The molecular formula is C17H14N2O. The van der Waals surface area contributed by atoms with Gasteiger partial charge in [0.2, 0.25) is 0 Å². The Hall–Kier alpha value is -2.81. The van der Waals surface area contributed by atoms with Crippen LogP contribution in [0.25, 0.3) is 10.8 Å². The molecule has 0 radical (unpaired) electrons. The summed E-state index contributed by atoms with van der Waals surface area (Å²) in [5.74, 6) is 0. The van der Waals surface area contributed by atoms with Crippen LogP contribution in [0, 0.1) is 0 Å². The Bertz CT molecular complexity index is 753. The third-order valence-corrected chi connectivity index (χ3v) is 3.23. The third-order valence-electron chi connectivity index (χ3n) is 3.23. The third kappa shape index (κ3) is 2.21. The van der Waals surface area contributed by atoms with Crippen LogP contribution in [0.1, 0.15) is 0 Å². The van der Waals surface area contributed by atoms with Gasteiger partial charge in [0.25, 0.3) is 0 Å². The van der Waals surface area contributed by atoms with Crippen LogP contribution in [-0.2, 0) is 0 Å². The number of carbonyl (C=O) groups is 1. The molecule has 0 heterocycles. The number of hydrogen-bond acceptors (Lipinski definition) is 1. The lowest BCUT2D eigenvalue weighted by molar-refractivity contribution is 0.256. The second-order valence-electron chi connectivity index (χ2n) is 4.54. The first-order valence-electron chi connectivity index (χ1n) is 6.39. The molecule has 98 valence electrons. The number of benzene rings is 3. The lowest BCUT2D eigenvalue weighted by Gasteiger charge is -2.21. The van der Waals surface area contributed by atoms with Crippen molar-refractivity contribution in [2.45, 2.75) is 0 Å². The highest BCUT2D eigenvalue weighted by atomic mass is 16.2. The van der Waals surface area contributed by atoms with Crippen molar-refractivity contribution >= 4 is 28.2 Å². The second-order valence-corrected chi connectivity index (χ2v) is 4.54. The standard InChI is InChI=1S/C17H14N2O/c18-17(20)19(15-8-2-1-3-9-15)16-11-10-13-6-4-5-7-14(13)12-16/h1-12H,(H2,18,20). The first-order valence-corrected chi connectivity index (χ1v) is 6.39. The van der Waals surface area contributed by atoms with Gasteiger partial charge in [0.15, 0.2) is 0 Å². The number of urea groups is 1. The molecule has 3 aromatic rings. The number of hydrogen-bond donors (Lipinski definition) is 1. The SMILES string of the molecule is NC(=O)N(c1ccccc1)c1ccc2ccccc2c1. The minimum atomic E-state index is -0.494. The highest BCUT2D eigenvalue weighted by Crippen LogP contribution is 2.28. The molecule has 0 aliphatic heterocycles. The quantitative estimate of drug-likeness (QED) is 0.743. The topological polar surface area (TPSA) is 46.3 Å². The molecule has 0 aliphatic carbocycles. The van der Waals surface area contributed by atoms with Gasteiger partial charge in [0.05, 0.1) is 11.4 Å². The van der Waals surface area contributed by atoms with Crippen LogP contribution in [0.2, 0.25) is 0 Å². The summed E-state index contributed by atoms with van der Waals surface area (Å²) < 4.78 is 0. The molecule has 0 saturated heterocycles. The monoisotopic (exact) mass is 262 g/mol. The first-order chi connectivity index (χ1) is 9.75. The molecule has 3 aromatic carbocycles. The zero-order chi connectivity index (χ0) is 13.9. The summed E-state index contributed by atoms with van der Waals surface area (Å²) in [5, 5.41) is 2.21. The van der Waals surface area contributed by atoms with Gasteiger partial charge < -0.3 is 5.73 Å². The van der Waals surface area contributed by atoms with E-state index < -0.39 is 6.03 Å². The number of carbonyl (C=O) groups excluding carboxylic acids is 1. The number of nitrogens with zero attached hydrogens (tertiary/aromatic N) is 1. The van der Waals surface area contributed by atoms with Crippen molar-refractivity contribution in [1.29, 1.82) is 0 Å². The lowest BCUT2D eigenvalue weighted by atomic mass is 10.1. The van der Waals surface area contributed by atoms with Crippen molar-refractivity contribution in [2.24, 2.45) is 5.73 Å². The summed E-state index contributed by atoms with van der Waals surface area (Å²) in [6.07, 6.45) is 0. The fourth-order valence-corrected chi connectivity index (χ4v) is 2.30. The van der Waals surface area contributed by atoms with Gasteiger partial charge in [-0.15, -0.1) is 0 Å². The summed E-state index contributed by atoms with van der Waals surface area (Å²) >= 11 is 0. The van der Waals surface area contributed by atoms with Gasteiger partial charge in [0.1, 0.15) is 0 Å². The van der Waals surface area contributed by atoms with Crippen molar-refractivity contribution in [3.63, 3.8) is 0 Å². The molecule has 0 saturated carbocycles. The Labute approximate surface area is 117 Å². The fourth-order valence-electron chi connectivity index (χ4n) is 2.30. The molecule has 3 rings (SSSR count). The van der Waals surface area contributed by atoms with Gasteiger partial charge >= 0.3 is 6.03 Å². The number of rotatable bonds is 2. The van der Waals surface area contributed by atoms with E-state index in [-0.39, 0.29) is 0 Å². The Morgan fingerprint density at radius 3 is 2.10 bits per heavy atom. The van der Waals surface area contributed by atoms with Gasteiger partial charge in [-0.25, -0.2) is 4.79 Å². The van der Waals surface area contributed by atoms with Crippen LogP contribution in [-0.4, -0.2) is 6.03 Å². The van der Waals surface area contributed by atoms with Crippen molar-refractivity contribution in [1.82, 2.24) is 0 Å². The van der Waals surface area contributed by atoms with E-state index in [0.717, 1.165) is 22.1 Å². The average molecular weight is 262 g/mol. The van der Waals surface area contributed by atoms with Crippen LogP contribution < -0.4 is 10.6 Å². The number of primary amides is 1. The fraction of sp³-hybridized carbons (Fsp3) is 0. The molecule has 0 aromatic heterocycles. The number of amides is 2. The van der Waals surface area contributed by atoms with E-state index >= 15 is 0 Å². The molecule has 2 N–H and O–H groups in total. The van der Waals surface area contributed by atoms with Crippen molar-refractivity contribution < 1.29 is 4.79 Å². The summed E-state index contributed by atoms with van der Waals surface area (Å²) in [7, 11) is 0. The molecule has 0 atom stereocenters. The minimum Gasteiger partial charge on any atom is -0.351 e. The molecule has 2 amide bonds. The number of para-hydroxylation sites is 1. The molecule has 3 heteroatoms. The van der Waals surface area contributed by atoms with Crippen molar-refractivity contribution in [2.75, 3.05) is 4.90 Å². The van der Waals surface area contributed by atoms with Crippen LogP contribution in [0.5, 0.6) is 0 Å². The van der Waals surface area contributed by atoms with Crippen LogP contribution in [0.3, 0.4) is 0 Å². The predicted molar refractivity (Wildman–Crippen MR) is 82.1 cm³/mol. The van der Waals surface area contributed by atoms with Gasteiger partial charge in [-0.05, 0) is 35.0 Å². The minimum absolute atomic E-state index is 0.494. The van der Waals surface area contributed by atoms with E-state index in [0.29, 0.717) is 0 Å². The van der Waals surface area contributed by atoms with Crippen molar-refractivity contribution in [3.05, 3.63) is 72.8 Å². The molecule has 3 nitrogen and oxygen atoms in total. The Morgan fingerprint density at radius 1 is 0.750 bits per heavy atom. The van der Waals surface area contributed by atoms with E-state index in [4.69, 9.17) is 5.73 Å². The predicted octanol–water partition coefficient (Wildman–Crippen LogP) is 4.06. The summed E-state index contributed by atoms with van der Waals surface area (Å²) in [4.78, 5) is 13.3. The zero-order valence-electron chi connectivity index (χ0n) is 10.9. The van der Waals surface area contributed by atoms with Crippen LogP contribution >= 0.6 is 0 Å². The second kappa shape index (κ2) is 5.05. The first kappa shape index (κ1) is 12.2. The summed E-state index contributed by atoms with van der Waals surface area (Å²) in [6, 6.07) is 22.8. The molecule has 0 aliphatic rings. The average Bonchev–Trinajstić information content (AvgIpc) is 2.48. The van der Waals surface area contributed by atoms with Gasteiger partial charge in [-0.2, -0.15) is 0 Å². The number of anilines is 2. The van der Waals surface area contributed by atoms with E-state index in [1.807, 2.05) is 72.8 Å². The lowest BCUT2D eigenvalue weighted by Crippen LogP contribution is -2.31. The largest absolute Gasteiger partial charge is 0.351 e. The maximum absolute atomic E-state index is 11.8. The molecule has 0 bridgehead atoms. The number of nitrogens with two attached hydrogens (primary N) is 1. The zero-order valence-corrected chi connectivity index (χ0v) is 10.9. The maximum Gasteiger partial charge on any atom is 0.323 e. The Kier molecular flexibility index (Phi) is 3.09. The number of fused-ring (bicyclic) bond motifs is 1. The highest BCUT2D eigenvalue weighted by molar-refractivity contribution is 6.00. The molecule has 20 heavy (non-hydrogen) atoms. The molecule has 0 fully saturated rings. The van der Waals surface area contributed by atoms with Gasteiger partial charge in [-0.3, -0.25) is 4.90 Å². The van der Waals surface area contributed by atoms with Crippen molar-refractivity contribution in [3.8, 4) is 0 Å². The summed E-state index contributed by atoms with van der Waals surface area (Å²) in [6.45, 7) is 0. The Morgan fingerprint density at radius 2 is 1.40 bits per heavy atom.